The van der Waals surface area contributed by atoms with Gasteiger partial charge < -0.3 is 0 Å². The third-order valence-electron chi connectivity index (χ3n) is 3.50. The zero-order valence-electron chi connectivity index (χ0n) is 12.3. The standard InChI is InChI=1S/C18H13ClN2O2/c19-13-9-10-20-14(12-13)6-2-1-5-11-21-17(22)15-7-3-4-8-16(15)18(21)23/h3-4,7-10,12H,1,5,11H2. The predicted octanol–water partition coefficient (Wildman–Crippen LogP) is 3.16. The Kier molecular flexibility index (Phi) is 4.40. The summed E-state index contributed by atoms with van der Waals surface area (Å²) >= 11 is 5.86. The summed E-state index contributed by atoms with van der Waals surface area (Å²) in [5.74, 6) is 5.45. The van der Waals surface area contributed by atoms with Crippen molar-refractivity contribution in [2.45, 2.75) is 12.8 Å². The minimum atomic E-state index is -0.227. The van der Waals surface area contributed by atoms with Crippen molar-refractivity contribution >= 4 is 23.4 Å². The van der Waals surface area contributed by atoms with E-state index in [1.54, 1.807) is 42.6 Å². The molecule has 0 atom stereocenters. The van der Waals surface area contributed by atoms with Crippen LogP contribution in [-0.4, -0.2) is 28.2 Å². The van der Waals surface area contributed by atoms with Gasteiger partial charge >= 0.3 is 0 Å². The van der Waals surface area contributed by atoms with Crippen molar-refractivity contribution < 1.29 is 9.59 Å². The highest BCUT2D eigenvalue weighted by atomic mass is 35.5. The van der Waals surface area contributed by atoms with Crippen molar-refractivity contribution in [3.63, 3.8) is 0 Å². The molecule has 0 spiro atoms. The van der Waals surface area contributed by atoms with E-state index in [0.29, 0.717) is 41.2 Å². The molecule has 0 N–H and O–H groups in total. The molecule has 0 radical (unpaired) electrons. The van der Waals surface area contributed by atoms with Gasteiger partial charge in [0.05, 0.1) is 11.1 Å². The lowest BCUT2D eigenvalue weighted by molar-refractivity contribution is 0.0653. The van der Waals surface area contributed by atoms with Crippen molar-refractivity contribution in [3.05, 3.63) is 64.4 Å². The summed E-state index contributed by atoms with van der Waals surface area (Å²) in [6.45, 7) is 0.365. The average Bonchev–Trinajstić information content (AvgIpc) is 2.80. The molecular weight excluding hydrogens is 312 g/mol. The van der Waals surface area contributed by atoms with Gasteiger partial charge in [0.1, 0.15) is 5.69 Å². The molecule has 0 bridgehead atoms. The summed E-state index contributed by atoms with van der Waals surface area (Å²) in [7, 11) is 0. The molecule has 1 aliphatic heterocycles. The molecule has 1 aliphatic rings. The van der Waals surface area contributed by atoms with Gasteiger partial charge in [0, 0.05) is 24.2 Å². The first-order valence-electron chi connectivity index (χ1n) is 7.22. The number of carbonyl (C=O) groups excluding carboxylic acids is 2. The van der Waals surface area contributed by atoms with Crippen LogP contribution in [0.25, 0.3) is 0 Å². The van der Waals surface area contributed by atoms with Crippen LogP contribution >= 0.6 is 11.6 Å². The summed E-state index contributed by atoms with van der Waals surface area (Å²) in [5.41, 5.74) is 1.57. The zero-order chi connectivity index (χ0) is 16.2. The Labute approximate surface area is 139 Å². The van der Waals surface area contributed by atoms with E-state index in [-0.39, 0.29) is 11.8 Å². The number of benzene rings is 1. The number of fused-ring (bicyclic) bond motifs is 1. The Hall–Kier alpha value is -2.64. The second-order valence-electron chi connectivity index (χ2n) is 5.07. The molecule has 2 aromatic rings. The fourth-order valence-electron chi connectivity index (χ4n) is 2.39. The van der Waals surface area contributed by atoms with Crippen LogP contribution < -0.4 is 0 Å². The summed E-state index contributed by atoms with van der Waals surface area (Å²) < 4.78 is 0. The molecule has 3 rings (SSSR count). The van der Waals surface area contributed by atoms with Crippen LogP contribution in [0.5, 0.6) is 0 Å². The van der Waals surface area contributed by atoms with Gasteiger partial charge in [-0.05, 0) is 36.6 Å². The molecule has 0 aliphatic carbocycles. The fourth-order valence-corrected chi connectivity index (χ4v) is 2.55. The van der Waals surface area contributed by atoms with Gasteiger partial charge in [0.25, 0.3) is 11.8 Å². The minimum Gasteiger partial charge on any atom is -0.274 e. The van der Waals surface area contributed by atoms with Crippen LogP contribution in [0.4, 0.5) is 0 Å². The van der Waals surface area contributed by atoms with Crippen molar-refractivity contribution in [1.82, 2.24) is 9.88 Å². The number of imide groups is 1. The Morgan fingerprint density at radius 3 is 2.43 bits per heavy atom. The highest BCUT2D eigenvalue weighted by molar-refractivity contribution is 6.30. The number of hydrogen-bond donors (Lipinski definition) is 0. The Morgan fingerprint density at radius 2 is 1.78 bits per heavy atom. The lowest BCUT2D eigenvalue weighted by atomic mass is 10.1. The molecule has 0 fully saturated rings. The van der Waals surface area contributed by atoms with Gasteiger partial charge in [0.2, 0.25) is 0 Å². The van der Waals surface area contributed by atoms with E-state index in [1.807, 2.05) is 0 Å². The lowest BCUT2D eigenvalue weighted by Crippen LogP contribution is -2.30. The summed E-state index contributed by atoms with van der Waals surface area (Å²) in [6.07, 6.45) is 2.80. The van der Waals surface area contributed by atoms with E-state index in [9.17, 15) is 9.59 Å². The number of carbonyl (C=O) groups is 2. The molecule has 1 aromatic heterocycles. The van der Waals surface area contributed by atoms with Gasteiger partial charge in [-0.15, -0.1) is 0 Å². The molecule has 2 heterocycles. The van der Waals surface area contributed by atoms with Gasteiger partial charge in [0.15, 0.2) is 0 Å². The van der Waals surface area contributed by atoms with Crippen molar-refractivity contribution in [2.24, 2.45) is 0 Å². The molecule has 2 amide bonds. The summed E-state index contributed by atoms with van der Waals surface area (Å²) in [5, 5.41) is 0.593. The normalized spacial score (nSPS) is 12.8. The maximum Gasteiger partial charge on any atom is 0.261 e. The molecule has 0 saturated carbocycles. The molecule has 0 unspecified atom stereocenters. The smallest absolute Gasteiger partial charge is 0.261 e. The van der Waals surface area contributed by atoms with Crippen LogP contribution in [-0.2, 0) is 0 Å². The SMILES string of the molecule is O=C1c2ccccc2C(=O)N1CCCC#Cc1cc(Cl)ccn1. The predicted molar refractivity (Wildman–Crippen MR) is 87.2 cm³/mol. The summed E-state index contributed by atoms with van der Waals surface area (Å²) in [6, 6.07) is 10.3. The van der Waals surface area contributed by atoms with E-state index in [1.165, 1.54) is 4.90 Å². The molecule has 1 aromatic carbocycles. The van der Waals surface area contributed by atoms with Crippen LogP contribution in [0, 0.1) is 11.8 Å². The van der Waals surface area contributed by atoms with Crippen LogP contribution in [0.15, 0.2) is 42.6 Å². The van der Waals surface area contributed by atoms with E-state index in [0.717, 1.165) is 0 Å². The number of rotatable bonds is 3. The maximum absolute atomic E-state index is 12.2. The minimum absolute atomic E-state index is 0.227. The van der Waals surface area contributed by atoms with Gasteiger partial charge in [-0.2, -0.15) is 0 Å². The Balaban J connectivity index is 1.57. The lowest BCUT2D eigenvalue weighted by Gasteiger charge is -2.12. The van der Waals surface area contributed by atoms with E-state index in [2.05, 4.69) is 16.8 Å². The number of pyridine rings is 1. The highest BCUT2D eigenvalue weighted by Crippen LogP contribution is 2.22. The van der Waals surface area contributed by atoms with Crippen molar-refractivity contribution in [1.29, 1.82) is 0 Å². The number of aromatic nitrogens is 1. The molecule has 23 heavy (non-hydrogen) atoms. The van der Waals surface area contributed by atoms with Crippen LogP contribution in [0.1, 0.15) is 39.3 Å². The first-order chi connectivity index (χ1) is 11.2. The zero-order valence-corrected chi connectivity index (χ0v) is 13.0. The fraction of sp³-hybridized carbons (Fsp3) is 0.167. The van der Waals surface area contributed by atoms with E-state index < -0.39 is 0 Å². The second kappa shape index (κ2) is 6.64. The van der Waals surface area contributed by atoms with Crippen molar-refractivity contribution in [3.8, 4) is 11.8 Å². The molecular formula is C18H13ClN2O2. The topological polar surface area (TPSA) is 50.3 Å². The largest absolute Gasteiger partial charge is 0.274 e. The molecule has 4 nitrogen and oxygen atoms in total. The van der Waals surface area contributed by atoms with Crippen molar-refractivity contribution in [2.75, 3.05) is 6.54 Å². The third kappa shape index (κ3) is 3.25. The van der Waals surface area contributed by atoms with Gasteiger partial charge in [-0.25, -0.2) is 4.98 Å². The third-order valence-corrected chi connectivity index (χ3v) is 3.74. The average molecular weight is 325 g/mol. The quantitative estimate of drug-likeness (QED) is 0.495. The number of unbranched alkanes of at least 4 members (excludes halogenated alkanes) is 1. The van der Waals surface area contributed by atoms with E-state index in [4.69, 9.17) is 11.6 Å². The van der Waals surface area contributed by atoms with Gasteiger partial charge in [-0.1, -0.05) is 29.7 Å². The second-order valence-corrected chi connectivity index (χ2v) is 5.51. The number of amides is 2. The maximum atomic E-state index is 12.2. The monoisotopic (exact) mass is 324 g/mol. The number of halogens is 1. The van der Waals surface area contributed by atoms with Crippen LogP contribution in [0.2, 0.25) is 5.02 Å². The number of hydrogen-bond acceptors (Lipinski definition) is 3. The number of nitrogens with zero attached hydrogens (tertiary/aromatic N) is 2. The first kappa shape index (κ1) is 15.3. The Bertz CT molecular complexity index is 801. The molecule has 0 saturated heterocycles. The first-order valence-corrected chi connectivity index (χ1v) is 7.60. The van der Waals surface area contributed by atoms with Gasteiger partial charge in [-0.3, -0.25) is 14.5 Å². The van der Waals surface area contributed by atoms with E-state index >= 15 is 0 Å². The molecule has 5 heteroatoms. The summed E-state index contributed by atoms with van der Waals surface area (Å²) in [4.78, 5) is 29.7. The Morgan fingerprint density at radius 1 is 1.09 bits per heavy atom. The van der Waals surface area contributed by atoms with Crippen LogP contribution in [0.3, 0.4) is 0 Å². The highest BCUT2D eigenvalue weighted by Gasteiger charge is 2.34. The molecule has 114 valence electrons.